The Kier molecular flexibility index (Phi) is 5.55. The molecule has 1 aliphatic rings. The van der Waals surface area contributed by atoms with E-state index in [1.807, 2.05) is 30.9 Å². The van der Waals surface area contributed by atoms with Crippen LogP contribution in [-0.4, -0.2) is 35.8 Å². The largest absolute Gasteiger partial charge is 0.339 e. The zero-order valence-corrected chi connectivity index (χ0v) is 13.4. The first-order chi connectivity index (χ1) is 10.5. The maximum atomic E-state index is 12.7. The van der Waals surface area contributed by atoms with Crippen LogP contribution in [0.2, 0.25) is 0 Å². The minimum atomic E-state index is -0.0987. The number of nitrogens with two attached hydrogens (primary N) is 1. The Balaban J connectivity index is 2.15. The highest BCUT2D eigenvalue weighted by Gasteiger charge is 2.23. The lowest BCUT2D eigenvalue weighted by atomic mass is 10.0. The van der Waals surface area contributed by atoms with Crippen molar-refractivity contribution in [1.82, 2.24) is 4.90 Å². The molecule has 120 valence electrons. The standard InChI is InChI=1S/C17H25N3O2/c1-12-6-5-7-14(19-15(21)9-8-13(2)18)16(12)17(22)20-10-3-4-11-20/h5-7,13H,3-4,8-11,18H2,1-2H3,(H,19,21). The van der Waals surface area contributed by atoms with Gasteiger partial charge in [-0.1, -0.05) is 12.1 Å². The number of hydrogen-bond donors (Lipinski definition) is 2. The van der Waals surface area contributed by atoms with Crippen LogP contribution in [0.15, 0.2) is 18.2 Å². The fourth-order valence-electron chi connectivity index (χ4n) is 2.71. The molecule has 5 nitrogen and oxygen atoms in total. The molecular formula is C17H25N3O2. The van der Waals surface area contributed by atoms with Gasteiger partial charge in [0.1, 0.15) is 0 Å². The minimum absolute atomic E-state index is 0.00559. The van der Waals surface area contributed by atoms with Crippen molar-refractivity contribution in [1.29, 1.82) is 0 Å². The molecule has 5 heteroatoms. The fourth-order valence-corrected chi connectivity index (χ4v) is 2.71. The lowest BCUT2D eigenvalue weighted by Gasteiger charge is -2.19. The average Bonchev–Trinajstić information content (AvgIpc) is 2.99. The lowest BCUT2D eigenvalue weighted by molar-refractivity contribution is -0.116. The second kappa shape index (κ2) is 7.40. The quantitative estimate of drug-likeness (QED) is 0.876. The van der Waals surface area contributed by atoms with Crippen molar-refractivity contribution in [3.05, 3.63) is 29.3 Å². The maximum Gasteiger partial charge on any atom is 0.256 e. The summed E-state index contributed by atoms with van der Waals surface area (Å²) in [7, 11) is 0. The molecule has 0 aromatic heterocycles. The first kappa shape index (κ1) is 16.5. The van der Waals surface area contributed by atoms with Crippen molar-refractivity contribution in [3.8, 4) is 0 Å². The highest BCUT2D eigenvalue weighted by molar-refractivity contribution is 6.04. The minimum Gasteiger partial charge on any atom is -0.339 e. The van der Waals surface area contributed by atoms with Crippen molar-refractivity contribution >= 4 is 17.5 Å². The van der Waals surface area contributed by atoms with Gasteiger partial charge in [-0.05, 0) is 44.7 Å². The van der Waals surface area contributed by atoms with Gasteiger partial charge in [0.2, 0.25) is 5.91 Å². The number of hydrogen-bond acceptors (Lipinski definition) is 3. The number of aryl methyl sites for hydroxylation is 1. The molecule has 1 saturated heterocycles. The Hall–Kier alpha value is -1.88. The summed E-state index contributed by atoms with van der Waals surface area (Å²) in [5, 5.41) is 2.87. The molecule has 1 aliphatic heterocycles. The number of benzene rings is 1. The van der Waals surface area contributed by atoms with Gasteiger partial charge in [-0.15, -0.1) is 0 Å². The van der Waals surface area contributed by atoms with E-state index in [0.29, 0.717) is 24.1 Å². The molecule has 1 atom stereocenters. The van der Waals surface area contributed by atoms with Gasteiger partial charge < -0.3 is 16.0 Å². The van der Waals surface area contributed by atoms with E-state index in [4.69, 9.17) is 5.73 Å². The van der Waals surface area contributed by atoms with Crippen LogP contribution in [-0.2, 0) is 4.79 Å². The van der Waals surface area contributed by atoms with E-state index in [-0.39, 0.29) is 17.9 Å². The van der Waals surface area contributed by atoms with Crippen LogP contribution in [0.1, 0.15) is 48.5 Å². The SMILES string of the molecule is Cc1cccc(NC(=O)CCC(C)N)c1C(=O)N1CCCC1. The molecule has 0 saturated carbocycles. The van der Waals surface area contributed by atoms with E-state index < -0.39 is 0 Å². The third kappa shape index (κ3) is 4.07. The second-order valence-corrected chi connectivity index (χ2v) is 6.06. The molecule has 0 bridgehead atoms. The number of carbonyl (C=O) groups is 2. The summed E-state index contributed by atoms with van der Waals surface area (Å²) in [6.07, 6.45) is 3.09. The van der Waals surface area contributed by atoms with E-state index in [0.717, 1.165) is 31.5 Å². The third-order valence-corrected chi connectivity index (χ3v) is 3.98. The van der Waals surface area contributed by atoms with Gasteiger partial charge in [0.25, 0.3) is 5.91 Å². The molecule has 2 rings (SSSR count). The molecule has 1 heterocycles. The third-order valence-electron chi connectivity index (χ3n) is 3.98. The van der Waals surface area contributed by atoms with Gasteiger partial charge in [-0.2, -0.15) is 0 Å². The van der Waals surface area contributed by atoms with E-state index >= 15 is 0 Å². The van der Waals surface area contributed by atoms with Crippen LogP contribution in [0.4, 0.5) is 5.69 Å². The average molecular weight is 303 g/mol. The molecule has 2 amide bonds. The zero-order chi connectivity index (χ0) is 16.1. The molecule has 1 fully saturated rings. The number of rotatable bonds is 5. The molecule has 22 heavy (non-hydrogen) atoms. The van der Waals surface area contributed by atoms with Gasteiger partial charge in [0.15, 0.2) is 0 Å². The van der Waals surface area contributed by atoms with Gasteiger partial charge in [0.05, 0.1) is 11.3 Å². The molecule has 1 aromatic carbocycles. The van der Waals surface area contributed by atoms with Crippen molar-refractivity contribution in [2.75, 3.05) is 18.4 Å². The van der Waals surface area contributed by atoms with Crippen molar-refractivity contribution in [2.24, 2.45) is 5.73 Å². The van der Waals surface area contributed by atoms with E-state index in [1.54, 1.807) is 6.07 Å². The Labute approximate surface area is 131 Å². The normalized spacial score (nSPS) is 15.7. The Morgan fingerprint density at radius 3 is 2.64 bits per heavy atom. The van der Waals surface area contributed by atoms with Gasteiger partial charge in [-0.25, -0.2) is 0 Å². The predicted octanol–water partition coefficient (Wildman–Crippen LogP) is 2.30. The summed E-state index contributed by atoms with van der Waals surface area (Å²) in [6, 6.07) is 5.55. The number of likely N-dealkylation sites (tertiary alicyclic amines) is 1. The number of carbonyl (C=O) groups excluding carboxylic acids is 2. The predicted molar refractivity (Wildman–Crippen MR) is 87.8 cm³/mol. The summed E-state index contributed by atoms with van der Waals surface area (Å²) in [5.74, 6) is -0.0866. The summed E-state index contributed by atoms with van der Waals surface area (Å²) in [6.45, 7) is 5.37. The highest BCUT2D eigenvalue weighted by atomic mass is 16.2. The molecule has 1 aromatic rings. The van der Waals surface area contributed by atoms with Crippen molar-refractivity contribution in [2.45, 2.75) is 45.6 Å². The first-order valence-electron chi connectivity index (χ1n) is 7.93. The Morgan fingerprint density at radius 2 is 2.00 bits per heavy atom. The van der Waals surface area contributed by atoms with Crippen molar-refractivity contribution < 1.29 is 9.59 Å². The summed E-state index contributed by atoms with van der Waals surface area (Å²) in [4.78, 5) is 26.6. The van der Waals surface area contributed by atoms with Gasteiger partial charge in [0, 0.05) is 25.6 Å². The van der Waals surface area contributed by atoms with E-state index in [1.165, 1.54) is 0 Å². The second-order valence-electron chi connectivity index (χ2n) is 6.06. The summed E-state index contributed by atoms with van der Waals surface area (Å²) >= 11 is 0. The summed E-state index contributed by atoms with van der Waals surface area (Å²) in [5.41, 5.74) is 7.78. The zero-order valence-electron chi connectivity index (χ0n) is 13.4. The molecule has 3 N–H and O–H groups in total. The molecule has 0 spiro atoms. The topological polar surface area (TPSA) is 75.4 Å². The van der Waals surface area contributed by atoms with Crippen LogP contribution < -0.4 is 11.1 Å². The van der Waals surface area contributed by atoms with E-state index in [9.17, 15) is 9.59 Å². The molecule has 0 radical (unpaired) electrons. The number of nitrogens with one attached hydrogen (secondary N) is 1. The highest BCUT2D eigenvalue weighted by Crippen LogP contribution is 2.23. The number of anilines is 1. The lowest BCUT2D eigenvalue weighted by Crippen LogP contribution is -2.29. The van der Waals surface area contributed by atoms with E-state index in [2.05, 4.69) is 5.32 Å². The molecule has 0 aliphatic carbocycles. The number of amides is 2. The monoisotopic (exact) mass is 303 g/mol. The smallest absolute Gasteiger partial charge is 0.256 e. The molecular weight excluding hydrogens is 278 g/mol. The van der Waals surface area contributed by atoms with Gasteiger partial charge >= 0.3 is 0 Å². The molecule has 1 unspecified atom stereocenters. The first-order valence-corrected chi connectivity index (χ1v) is 7.93. The van der Waals surface area contributed by atoms with Crippen LogP contribution in [0.25, 0.3) is 0 Å². The Bertz CT molecular complexity index is 549. The van der Waals surface area contributed by atoms with Gasteiger partial charge in [-0.3, -0.25) is 9.59 Å². The number of nitrogens with zero attached hydrogens (tertiary/aromatic N) is 1. The Morgan fingerprint density at radius 1 is 1.32 bits per heavy atom. The van der Waals surface area contributed by atoms with Crippen LogP contribution in [0, 0.1) is 6.92 Å². The van der Waals surface area contributed by atoms with Crippen LogP contribution in [0.5, 0.6) is 0 Å². The summed E-state index contributed by atoms with van der Waals surface area (Å²) < 4.78 is 0. The fraction of sp³-hybridized carbons (Fsp3) is 0.529. The van der Waals surface area contributed by atoms with Crippen LogP contribution in [0.3, 0.4) is 0 Å². The van der Waals surface area contributed by atoms with Crippen molar-refractivity contribution in [3.63, 3.8) is 0 Å². The maximum absolute atomic E-state index is 12.7. The van der Waals surface area contributed by atoms with Crippen LogP contribution >= 0.6 is 0 Å².